The number of hydrogen-bond acceptors (Lipinski definition) is 13. The molecule has 2 atom stereocenters. The highest BCUT2D eigenvalue weighted by Gasteiger charge is 2.41. The van der Waals surface area contributed by atoms with Gasteiger partial charge in [0, 0.05) is 37.5 Å². The molecule has 0 radical (unpaired) electrons. The molecule has 47 heavy (non-hydrogen) atoms. The monoisotopic (exact) mass is 678 g/mol. The molecule has 1 saturated carbocycles. The first-order valence-corrected chi connectivity index (χ1v) is 15.3. The fraction of sp³-hybridized carbons (Fsp3) is 0.781. The normalized spacial score (nSPS) is 17.3. The van der Waals surface area contributed by atoms with Crippen LogP contribution in [-0.4, -0.2) is 118 Å². The van der Waals surface area contributed by atoms with E-state index in [1.54, 1.807) is 26.0 Å². The number of aliphatic hydroxyl groups is 5. The summed E-state index contributed by atoms with van der Waals surface area (Å²) >= 11 is 0. The molecule has 15 nitrogen and oxygen atoms in total. The number of unbranched alkanes of at least 4 members (excludes halogenated alkanes) is 2. The average molecular weight is 679 g/mol. The summed E-state index contributed by atoms with van der Waals surface area (Å²) in [5.41, 5.74) is -0.249. The average Bonchev–Trinajstić information content (AvgIpc) is 3.00. The number of aliphatic hydroxyl groups excluding tert-OH is 5. The van der Waals surface area contributed by atoms with Gasteiger partial charge in [-0.15, -0.1) is 0 Å². The zero-order chi connectivity index (χ0) is 37.4. The SMILES string of the molecule is C=CC(=O)OCCO.CC(C)(CO)CO.CC1(C)CC(N=C=O)CC(C)(CN=C=O)C1.O=C(O)CCCCC(=O)O.OCCCCO. The van der Waals surface area contributed by atoms with Gasteiger partial charge in [0.05, 0.1) is 32.4 Å². The van der Waals surface area contributed by atoms with Gasteiger partial charge in [-0.25, -0.2) is 24.4 Å². The van der Waals surface area contributed by atoms with Gasteiger partial charge in [0.25, 0.3) is 0 Å². The van der Waals surface area contributed by atoms with Crippen LogP contribution in [0.5, 0.6) is 0 Å². The Labute approximate surface area is 278 Å². The van der Waals surface area contributed by atoms with Crippen molar-refractivity contribution in [3.05, 3.63) is 12.7 Å². The minimum absolute atomic E-state index is 0.00750. The lowest BCUT2D eigenvalue weighted by molar-refractivity contribution is -0.139. The van der Waals surface area contributed by atoms with Crippen molar-refractivity contribution >= 4 is 30.1 Å². The van der Waals surface area contributed by atoms with Crippen molar-refractivity contribution in [3.63, 3.8) is 0 Å². The van der Waals surface area contributed by atoms with Crippen LogP contribution in [0, 0.1) is 16.2 Å². The van der Waals surface area contributed by atoms with Gasteiger partial charge < -0.3 is 40.5 Å². The Bertz CT molecular complexity index is 917. The summed E-state index contributed by atoms with van der Waals surface area (Å²) in [6.07, 6.45) is 9.39. The van der Waals surface area contributed by atoms with Gasteiger partial charge in [-0.1, -0.05) is 41.2 Å². The number of carboxylic acid groups (broad SMARTS) is 2. The molecule has 0 aliphatic heterocycles. The molecule has 15 heteroatoms. The Morgan fingerprint density at radius 2 is 1.34 bits per heavy atom. The molecule has 7 N–H and O–H groups in total. The van der Waals surface area contributed by atoms with E-state index in [0.717, 1.165) is 38.2 Å². The van der Waals surface area contributed by atoms with Crippen LogP contribution < -0.4 is 0 Å². The maximum Gasteiger partial charge on any atom is 0.330 e. The Balaban J connectivity index is -0.000000260. The largest absolute Gasteiger partial charge is 0.481 e. The third-order valence-corrected chi connectivity index (χ3v) is 6.14. The molecule has 1 fully saturated rings. The summed E-state index contributed by atoms with van der Waals surface area (Å²) in [5.74, 6) is -2.24. The van der Waals surface area contributed by atoms with Crippen molar-refractivity contribution in [1.29, 1.82) is 0 Å². The Morgan fingerprint density at radius 1 is 0.851 bits per heavy atom. The molecule has 0 spiro atoms. The van der Waals surface area contributed by atoms with Crippen LogP contribution >= 0.6 is 0 Å². The number of carboxylic acids is 2. The van der Waals surface area contributed by atoms with Gasteiger partial charge in [-0.3, -0.25) is 9.59 Å². The van der Waals surface area contributed by atoms with Crippen molar-refractivity contribution in [2.24, 2.45) is 26.2 Å². The fourth-order valence-electron chi connectivity index (χ4n) is 4.12. The third kappa shape index (κ3) is 38.8. The Hall–Kier alpha value is -3.29. The van der Waals surface area contributed by atoms with E-state index in [1.165, 1.54) is 0 Å². The lowest BCUT2D eigenvalue weighted by Crippen LogP contribution is -2.39. The predicted octanol–water partition coefficient (Wildman–Crippen LogP) is 2.42. The van der Waals surface area contributed by atoms with Crippen molar-refractivity contribution < 1.29 is 64.5 Å². The van der Waals surface area contributed by atoms with Crippen LogP contribution in [0.3, 0.4) is 0 Å². The van der Waals surface area contributed by atoms with Crippen molar-refractivity contribution in [2.75, 3.05) is 46.2 Å². The van der Waals surface area contributed by atoms with Gasteiger partial charge >= 0.3 is 17.9 Å². The Morgan fingerprint density at radius 3 is 1.66 bits per heavy atom. The first-order valence-electron chi connectivity index (χ1n) is 15.3. The summed E-state index contributed by atoms with van der Waals surface area (Å²) in [5, 5.41) is 57.4. The molecule has 0 heterocycles. The standard InChI is InChI=1S/C12H18N2O2.C6H10O4.C5H8O3.C5H12O2.C4H10O2/c1-11(2)4-10(14-9-16)5-12(3,6-11)7-13-8-15;7-5(8)3-1-2-4-6(9)10;1-2-5(7)8-4-3-6;1-5(2,3-6)4-7;5-3-1-2-4-6/h10H,4-7H2,1-3H3;1-4H2,(H,7,8)(H,9,10);2,6H,1,3-4H2;6-7H,3-4H2,1-2H3;5-6H,1-4H2. The van der Waals surface area contributed by atoms with Crippen LogP contribution in [0.15, 0.2) is 22.6 Å². The van der Waals surface area contributed by atoms with E-state index >= 15 is 0 Å². The number of isocyanates is 2. The molecular weight excluding hydrogens is 620 g/mol. The van der Waals surface area contributed by atoms with E-state index in [9.17, 15) is 24.0 Å². The number of hydrogen-bond donors (Lipinski definition) is 7. The molecule has 0 bridgehead atoms. The molecule has 0 saturated heterocycles. The first kappa shape index (κ1) is 50.6. The second kappa shape index (κ2) is 31.3. The van der Waals surface area contributed by atoms with E-state index < -0.39 is 17.9 Å². The van der Waals surface area contributed by atoms with E-state index in [1.807, 2.05) is 0 Å². The van der Waals surface area contributed by atoms with Gasteiger partial charge in [-0.05, 0) is 55.8 Å². The molecule has 1 aliphatic carbocycles. The number of aliphatic carboxylic acids is 2. The molecule has 0 aromatic heterocycles. The summed E-state index contributed by atoms with van der Waals surface area (Å²) in [4.78, 5) is 57.9. The number of ether oxygens (including phenoxy) is 1. The summed E-state index contributed by atoms with van der Waals surface area (Å²) in [6.45, 7) is 14.0. The quantitative estimate of drug-likeness (QED) is 0.0407. The molecule has 1 aliphatic rings. The number of carbonyl (C=O) groups is 3. The first-order chi connectivity index (χ1) is 21.9. The zero-order valence-corrected chi connectivity index (χ0v) is 28.6. The van der Waals surface area contributed by atoms with E-state index in [4.69, 9.17) is 35.7 Å². The summed E-state index contributed by atoms with van der Waals surface area (Å²) in [7, 11) is 0. The van der Waals surface area contributed by atoms with Gasteiger partial charge in [0.1, 0.15) is 6.61 Å². The van der Waals surface area contributed by atoms with Gasteiger partial charge in [-0.2, -0.15) is 0 Å². The minimum atomic E-state index is -0.870. The molecule has 274 valence electrons. The van der Waals surface area contributed by atoms with Crippen LogP contribution in [0.25, 0.3) is 0 Å². The van der Waals surface area contributed by atoms with E-state index in [-0.39, 0.29) is 74.8 Å². The highest BCUT2D eigenvalue weighted by atomic mass is 16.5. The highest BCUT2D eigenvalue weighted by Crippen LogP contribution is 2.47. The van der Waals surface area contributed by atoms with Crippen LogP contribution in [-0.2, 0) is 28.7 Å². The Kier molecular flexibility index (Phi) is 33.7. The van der Waals surface area contributed by atoms with Crippen LogP contribution in [0.4, 0.5) is 0 Å². The minimum Gasteiger partial charge on any atom is -0.481 e. The smallest absolute Gasteiger partial charge is 0.330 e. The zero-order valence-electron chi connectivity index (χ0n) is 28.6. The number of nitrogens with zero attached hydrogens (tertiary/aromatic N) is 2. The van der Waals surface area contributed by atoms with Crippen molar-refractivity contribution in [1.82, 2.24) is 0 Å². The second-order valence-corrected chi connectivity index (χ2v) is 12.6. The van der Waals surface area contributed by atoms with Crippen LogP contribution in [0.2, 0.25) is 0 Å². The maximum absolute atomic E-state index is 10.3. The van der Waals surface area contributed by atoms with Gasteiger partial charge in [0.15, 0.2) is 0 Å². The molecule has 0 amide bonds. The second-order valence-electron chi connectivity index (χ2n) is 12.6. The number of rotatable bonds is 16. The highest BCUT2D eigenvalue weighted by molar-refractivity contribution is 5.81. The predicted molar refractivity (Wildman–Crippen MR) is 174 cm³/mol. The molecule has 1 rings (SSSR count). The van der Waals surface area contributed by atoms with Gasteiger partial charge in [0.2, 0.25) is 12.2 Å². The number of carbonyl (C=O) groups excluding carboxylic acids is 3. The fourth-order valence-corrected chi connectivity index (χ4v) is 4.12. The van der Waals surface area contributed by atoms with E-state index in [0.29, 0.717) is 19.4 Å². The van der Waals surface area contributed by atoms with Crippen LogP contribution in [0.1, 0.15) is 92.4 Å². The summed E-state index contributed by atoms with van der Waals surface area (Å²) in [6, 6.07) is 0.00750. The van der Waals surface area contributed by atoms with Crippen molar-refractivity contribution in [2.45, 2.75) is 98.4 Å². The van der Waals surface area contributed by atoms with E-state index in [2.05, 4.69) is 42.1 Å². The summed E-state index contributed by atoms with van der Waals surface area (Å²) < 4.78 is 4.33. The number of aliphatic imine (C=N–C) groups is 2. The topological polar surface area (TPSA) is 261 Å². The number of esters is 1. The molecule has 0 aromatic carbocycles. The molecule has 0 aromatic rings. The van der Waals surface area contributed by atoms with Crippen molar-refractivity contribution in [3.8, 4) is 0 Å². The molecular formula is C32H58N2O13. The molecule has 2 unspecified atom stereocenters. The lowest BCUT2D eigenvalue weighted by Gasteiger charge is -2.44. The third-order valence-electron chi connectivity index (χ3n) is 6.14. The lowest BCUT2D eigenvalue weighted by atomic mass is 9.63. The maximum atomic E-state index is 10.3.